The molecule has 1 aliphatic heterocycles. The van der Waals surface area contributed by atoms with E-state index in [1.807, 2.05) is 55.5 Å². The van der Waals surface area contributed by atoms with Crippen molar-refractivity contribution in [2.45, 2.75) is 23.9 Å². The fourth-order valence-corrected chi connectivity index (χ4v) is 5.62. The Bertz CT molecular complexity index is 1470. The second kappa shape index (κ2) is 10.7. The van der Waals surface area contributed by atoms with Crippen LogP contribution in [0, 0.1) is 0 Å². The smallest absolute Gasteiger partial charge is 0.255 e. The summed E-state index contributed by atoms with van der Waals surface area (Å²) >= 11 is 17.4. The summed E-state index contributed by atoms with van der Waals surface area (Å²) in [5, 5.41) is 12.9. The van der Waals surface area contributed by atoms with Crippen LogP contribution in [0.25, 0.3) is 0 Å². The zero-order valence-electron chi connectivity index (χ0n) is 19.0. The first-order valence-electron chi connectivity index (χ1n) is 11.0. The number of nitrogens with one attached hydrogen (secondary N) is 2. The maximum absolute atomic E-state index is 13.6. The zero-order valence-corrected chi connectivity index (χ0v) is 22.9. The number of fused-ring (bicyclic) bond motifs is 1. The second-order valence-electron chi connectivity index (χ2n) is 8.12. The molecule has 4 aromatic rings. The van der Waals surface area contributed by atoms with E-state index in [0.29, 0.717) is 43.9 Å². The van der Waals surface area contributed by atoms with Gasteiger partial charge in [-0.2, -0.15) is 4.98 Å². The van der Waals surface area contributed by atoms with Crippen LogP contribution >= 0.6 is 50.9 Å². The topological polar surface area (TPSA) is 71.8 Å². The van der Waals surface area contributed by atoms with E-state index in [1.54, 1.807) is 28.9 Å². The maximum atomic E-state index is 13.6. The van der Waals surface area contributed by atoms with Gasteiger partial charge in [-0.25, -0.2) is 4.68 Å². The first-order valence-corrected chi connectivity index (χ1v) is 13.6. The number of thioether (sulfide) groups is 1. The number of hydrogen-bond donors (Lipinski definition) is 2. The van der Waals surface area contributed by atoms with Gasteiger partial charge in [0.1, 0.15) is 6.04 Å². The van der Waals surface area contributed by atoms with Gasteiger partial charge >= 0.3 is 0 Å². The standard InChI is InChI=1S/C26H20BrCl2N5OS/c1-15-22(24(35)31-20-11-9-19(28)10-12-20)23(16-6-4-7-18(27)13-16)34-25(30-15)32-26(33-34)36-14-17-5-2-3-8-21(17)29/h2-13,23H,14H2,1H3,(H,31,35)(H,30,32,33)/t23-/m0/s1. The molecule has 0 radical (unpaired) electrons. The highest BCUT2D eigenvalue weighted by molar-refractivity contribution is 9.10. The number of hydrogen-bond acceptors (Lipinski definition) is 5. The summed E-state index contributed by atoms with van der Waals surface area (Å²) < 4.78 is 2.67. The van der Waals surface area contributed by atoms with E-state index in [9.17, 15) is 4.79 Å². The Morgan fingerprint density at radius 3 is 2.64 bits per heavy atom. The monoisotopic (exact) mass is 599 g/mol. The van der Waals surface area contributed by atoms with Crippen LogP contribution in [0.5, 0.6) is 0 Å². The normalized spacial score (nSPS) is 14.8. The minimum atomic E-state index is -0.479. The van der Waals surface area contributed by atoms with Crippen molar-refractivity contribution in [1.82, 2.24) is 14.8 Å². The number of allylic oxidation sites excluding steroid dienone is 1. The van der Waals surface area contributed by atoms with Gasteiger partial charge in [0.2, 0.25) is 11.1 Å². The van der Waals surface area contributed by atoms with Crippen molar-refractivity contribution >= 4 is 68.4 Å². The lowest BCUT2D eigenvalue weighted by Gasteiger charge is -2.28. The Morgan fingerprint density at radius 2 is 1.89 bits per heavy atom. The molecular weight excluding hydrogens is 581 g/mol. The van der Waals surface area contributed by atoms with Gasteiger partial charge in [-0.15, -0.1) is 5.10 Å². The van der Waals surface area contributed by atoms with Gasteiger partial charge < -0.3 is 10.6 Å². The zero-order chi connectivity index (χ0) is 25.2. The molecule has 36 heavy (non-hydrogen) atoms. The first kappa shape index (κ1) is 24.9. The lowest BCUT2D eigenvalue weighted by molar-refractivity contribution is -0.113. The lowest BCUT2D eigenvalue weighted by atomic mass is 9.95. The van der Waals surface area contributed by atoms with E-state index < -0.39 is 6.04 Å². The quantitative estimate of drug-likeness (QED) is 0.223. The highest BCUT2D eigenvalue weighted by atomic mass is 79.9. The predicted molar refractivity (Wildman–Crippen MR) is 150 cm³/mol. The molecule has 6 nitrogen and oxygen atoms in total. The van der Waals surface area contributed by atoms with Crippen molar-refractivity contribution in [3.8, 4) is 0 Å². The molecule has 0 unspecified atom stereocenters. The van der Waals surface area contributed by atoms with Gasteiger partial charge in [0.25, 0.3) is 5.91 Å². The van der Waals surface area contributed by atoms with Gasteiger partial charge in [-0.3, -0.25) is 4.79 Å². The Labute approximate surface area is 231 Å². The van der Waals surface area contributed by atoms with Gasteiger partial charge in [-0.1, -0.05) is 81.2 Å². The third kappa shape index (κ3) is 5.32. The molecule has 1 amide bonds. The Hall–Kier alpha value is -2.78. The Balaban J connectivity index is 1.49. The molecule has 0 fully saturated rings. The molecule has 0 aliphatic carbocycles. The number of carbonyl (C=O) groups excluding carboxylic acids is 1. The Morgan fingerprint density at radius 1 is 1.11 bits per heavy atom. The van der Waals surface area contributed by atoms with Crippen LogP contribution in [0.3, 0.4) is 0 Å². The molecule has 2 heterocycles. The van der Waals surface area contributed by atoms with Crippen LogP contribution in [-0.2, 0) is 10.5 Å². The highest BCUT2D eigenvalue weighted by Crippen LogP contribution is 2.38. The van der Waals surface area contributed by atoms with Crippen LogP contribution in [0.1, 0.15) is 24.1 Å². The highest BCUT2D eigenvalue weighted by Gasteiger charge is 2.34. The summed E-state index contributed by atoms with van der Waals surface area (Å²) in [7, 11) is 0. The largest absolute Gasteiger partial charge is 0.328 e. The SMILES string of the molecule is CC1=C(C(=O)Nc2ccc(Cl)cc2)[C@H](c2cccc(Br)c2)n2nc(SCc3ccccc3Cl)nc2N1. The third-order valence-corrected chi connectivity index (χ3v) is 7.66. The van der Waals surface area contributed by atoms with Crippen LogP contribution in [-0.4, -0.2) is 20.7 Å². The molecule has 0 saturated carbocycles. The number of rotatable bonds is 6. The first-order chi connectivity index (χ1) is 17.4. The molecule has 1 atom stereocenters. The molecule has 0 bridgehead atoms. The van der Waals surface area contributed by atoms with Crippen molar-refractivity contribution in [3.63, 3.8) is 0 Å². The van der Waals surface area contributed by atoms with E-state index in [2.05, 4.69) is 26.6 Å². The lowest BCUT2D eigenvalue weighted by Crippen LogP contribution is -2.31. The molecule has 2 N–H and O–H groups in total. The maximum Gasteiger partial charge on any atom is 0.255 e. The number of aromatic nitrogens is 3. The predicted octanol–water partition coefficient (Wildman–Crippen LogP) is 7.57. The molecular formula is C26H20BrCl2N5OS. The molecule has 5 rings (SSSR count). The van der Waals surface area contributed by atoms with Gasteiger partial charge in [0.05, 0.1) is 5.57 Å². The number of carbonyl (C=O) groups is 1. The number of benzene rings is 3. The summed E-state index contributed by atoms with van der Waals surface area (Å²) in [6, 6.07) is 22.1. The fraction of sp³-hybridized carbons (Fsp3) is 0.115. The molecule has 1 aliphatic rings. The van der Waals surface area contributed by atoms with Crippen molar-refractivity contribution in [1.29, 1.82) is 0 Å². The van der Waals surface area contributed by atoms with Crippen LogP contribution in [0.15, 0.2) is 93.7 Å². The summed E-state index contributed by atoms with van der Waals surface area (Å²) in [6.45, 7) is 1.87. The minimum absolute atomic E-state index is 0.237. The van der Waals surface area contributed by atoms with E-state index in [1.165, 1.54) is 11.8 Å². The Kier molecular flexibility index (Phi) is 7.39. The molecule has 1 aromatic heterocycles. The number of nitrogens with zero attached hydrogens (tertiary/aromatic N) is 3. The van der Waals surface area contributed by atoms with Crippen molar-refractivity contribution in [3.05, 3.63) is 110 Å². The number of halogens is 3. The van der Waals surface area contributed by atoms with E-state index in [0.717, 1.165) is 15.6 Å². The average molecular weight is 601 g/mol. The van der Waals surface area contributed by atoms with E-state index >= 15 is 0 Å². The third-order valence-electron chi connectivity index (χ3n) is 5.66. The molecule has 3 aromatic carbocycles. The summed E-state index contributed by atoms with van der Waals surface area (Å²) in [4.78, 5) is 18.3. The van der Waals surface area contributed by atoms with E-state index in [-0.39, 0.29) is 5.91 Å². The molecule has 0 saturated heterocycles. The van der Waals surface area contributed by atoms with Gasteiger partial charge in [0.15, 0.2) is 0 Å². The van der Waals surface area contributed by atoms with Crippen LogP contribution in [0.2, 0.25) is 10.0 Å². The second-order valence-corrected chi connectivity index (χ2v) is 10.8. The van der Waals surface area contributed by atoms with Crippen molar-refractivity contribution in [2.75, 3.05) is 10.6 Å². The van der Waals surface area contributed by atoms with E-state index in [4.69, 9.17) is 33.3 Å². The van der Waals surface area contributed by atoms with Gasteiger partial charge in [0, 0.05) is 31.7 Å². The van der Waals surface area contributed by atoms with Crippen LogP contribution in [0.4, 0.5) is 11.6 Å². The number of anilines is 2. The summed E-state index contributed by atoms with van der Waals surface area (Å²) in [5.74, 6) is 0.960. The summed E-state index contributed by atoms with van der Waals surface area (Å²) in [5.41, 5.74) is 3.81. The van der Waals surface area contributed by atoms with Crippen LogP contribution < -0.4 is 10.6 Å². The average Bonchev–Trinajstić information content (AvgIpc) is 3.26. The van der Waals surface area contributed by atoms with Crippen molar-refractivity contribution in [2.24, 2.45) is 0 Å². The van der Waals surface area contributed by atoms with Gasteiger partial charge in [-0.05, 0) is 60.5 Å². The summed E-state index contributed by atoms with van der Waals surface area (Å²) in [6.07, 6.45) is 0. The molecule has 0 spiro atoms. The minimum Gasteiger partial charge on any atom is -0.328 e. The van der Waals surface area contributed by atoms with Crippen molar-refractivity contribution < 1.29 is 4.79 Å². The molecule has 10 heteroatoms. The number of amides is 1. The molecule has 182 valence electrons. The fourth-order valence-electron chi connectivity index (χ4n) is 3.96.